The van der Waals surface area contributed by atoms with Crippen molar-refractivity contribution in [3.05, 3.63) is 0 Å². The quantitative estimate of drug-likeness (QED) is 0.639. The molecule has 1 rings (SSSR count). The lowest BCUT2D eigenvalue weighted by Gasteiger charge is -2.25. The van der Waals surface area contributed by atoms with Crippen LogP contribution in [0.2, 0.25) is 0 Å². The second-order valence-corrected chi connectivity index (χ2v) is 2.80. The molecule has 1 aliphatic heterocycles. The number of rotatable bonds is 2. The second-order valence-electron chi connectivity index (χ2n) is 2.38. The molecular formula is C6H12Cl2N2O. The molecule has 0 aromatic rings. The molecule has 66 valence electrons. The van der Waals surface area contributed by atoms with E-state index >= 15 is 0 Å². The van der Waals surface area contributed by atoms with E-state index in [4.69, 9.17) is 11.6 Å². The third kappa shape index (κ3) is 4.58. The number of hydrogen-bond donors (Lipinski definition) is 1. The highest BCUT2D eigenvalue weighted by atomic mass is 35.5. The maximum absolute atomic E-state index is 10.4. The third-order valence-electron chi connectivity index (χ3n) is 1.56. The molecule has 0 radical (unpaired) electrons. The van der Waals surface area contributed by atoms with Crippen molar-refractivity contribution in [1.29, 1.82) is 0 Å². The predicted molar refractivity (Wildman–Crippen MR) is 47.4 cm³/mol. The second kappa shape index (κ2) is 5.77. The number of nitrogens with zero attached hydrogens (tertiary/aromatic N) is 1. The van der Waals surface area contributed by atoms with E-state index in [1.54, 1.807) is 0 Å². The van der Waals surface area contributed by atoms with Crippen LogP contribution in [0.1, 0.15) is 0 Å². The van der Waals surface area contributed by atoms with Crippen molar-refractivity contribution in [1.82, 2.24) is 10.2 Å². The Labute approximate surface area is 77.5 Å². The highest BCUT2D eigenvalue weighted by Gasteiger charge is 2.10. The Bertz CT molecular complexity index is 126. The zero-order valence-corrected chi connectivity index (χ0v) is 7.75. The monoisotopic (exact) mass is 198 g/mol. The average molecular weight is 199 g/mol. The van der Waals surface area contributed by atoms with Crippen molar-refractivity contribution in [2.75, 3.05) is 32.7 Å². The number of piperazine rings is 1. The van der Waals surface area contributed by atoms with Crippen LogP contribution in [0.15, 0.2) is 0 Å². The lowest BCUT2D eigenvalue weighted by Crippen LogP contribution is -2.44. The minimum atomic E-state index is -0.262. The third-order valence-corrected chi connectivity index (χ3v) is 1.68. The largest absolute Gasteiger partial charge is 0.314 e. The smallest absolute Gasteiger partial charge is 0.235 e. The Kier molecular flexibility index (Phi) is 5.86. The summed E-state index contributed by atoms with van der Waals surface area (Å²) in [5, 5.41) is 2.93. The molecular weight excluding hydrogens is 187 g/mol. The zero-order valence-electron chi connectivity index (χ0n) is 6.18. The number of carbonyl (C=O) groups excluding carboxylic acids is 1. The van der Waals surface area contributed by atoms with Crippen molar-refractivity contribution < 1.29 is 4.79 Å². The lowest BCUT2D eigenvalue weighted by atomic mass is 10.4. The highest BCUT2D eigenvalue weighted by Crippen LogP contribution is 1.93. The normalized spacial score (nSPS) is 19.0. The van der Waals surface area contributed by atoms with Crippen molar-refractivity contribution in [2.24, 2.45) is 0 Å². The first-order valence-electron chi connectivity index (χ1n) is 3.40. The molecule has 3 nitrogen and oxygen atoms in total. The van der Waals surface area contributed by atoms with E-state index in [2.05, 4.69) is 5.32 Å². The molecule has 0 unspecified atom stereocenters. The van der Waals surface area contributed by atoms with Crippen molar-refractivity contribution in [3.8, 4) is 0 Å². The molecule has 1 fully saturated rings. The van der Waals surface area contributed by atoms with E-state index in [0.717, 1.165) is 26.2 Å². The van der Waals surface area contributed by atoms with E-state index in [0.29, 0.717) is 6.54 Å². The van der Waals surface area contributed by atoms with E-state index in [1.165, 1.54) is 0 Å². The van der Waals surface area contributed by atoms with Crippen molar-refractivity contribution in [3.63, 3.8) is 0 Å². The summed E-state index contributed by atoms with van der Waals surface area (Å²) in [6.07, 6.45) is 0. The Morgan fingerprint density at radius 1 is 1.45 bits per heavy atom. The molecule has 0 atom stereocenters. The van der Waals surface area contributed by atoms with Gasteiger partial charge in [0, 0.05) is 26.2 Å². The van der Waals surface area contributed by atoms with Crippen molar-refractivity contribution >= 4 is 29.3 Å². The van der Waals surface area contributed by atoms with Crippen LogP contribution >= 0.6 is 24.0 Å². The van der Waals surface area contributed by atoms with E-state index in [9.17, 15) is 4.79 Å². The van der Waals surface area contributed by atoms with Gasteiger partial charge >= 0.3 is 0 Å². The fourth-order valence-electron chi connectivity index (χ4n) is 1.05. The van der Waals surface area contributed by atoms with E-state index in [1.807, 2.05) is 4.90 Å². The summed E-state index contributed by atoms with van der Waals surface area (Å²) >= 11 is 5.21. The minimum Gasteiger partial charge on any atom is -0.314 e. The Morgan fingerprint density at radius 2 is 2.00 bits per heavy atom. The molecule has 1 heterocycles. The van der Waals surface area contributed by atoms with Gasteiger partial charge < -0.3 is 5.32 Å². The Hall–Kier alpha value is 0.170. The first-order chi connectivity index (χ1) is 4.79. The topological polar surface area (TPSA) is 32.3 Å². The van der Waals surface area contributed by atoms with Gasteiger partial charge in [-0.2, -0.15) is 0 Å². The molecule has 0 saturated carbocycles. The first kappa shape index (κ1) is 11.2. The van der Waals surface area contributed by atoms with Gasteiger partial charge in [-0.15, -0.1) is 12.4 Å². The number of nitrogens with one attached hydrogen (secondary N) is 1. The molecule has 0 amide bonds. The highest BCUT2D eigenvalue weighted by molar-refractivity contribution is 6.64. The number of hydrogen-bond acceptors (Lipinski definition) is 3. The fraction of sp³-hybridized carbons (Fsp3) is 0.833. The van der Waals surface area contributed by atoms with E-state index < -0.39 is 0 Å². The van der Waals surface area contributed by atoms with Gasteiger partial charge in [0.25, 0.3) is 0 Å². The van der Waals surface area contributed by atoms with Crippen LogP contribution in [0.5, 0.6) is 0 Å². The van der Waals surface area contributed by atoms with Gasteiger partial charge in [-0.1, -0.05) is 0 Å². The summed E-state index contributed by atoms with van der Waals surface area (Å²) in [4.78, 5) is 12.5. The van der Waals surface area contributed by atoms with Crippen LogP contribution in [-0.4, -0.2) is 42.9 Å². The summed E-state index contributed by atoms with van der Waals surface area (Å²) < 4.78 is 0. The molecule has 1 aliphatic rings. The molecule has 11 heavy (non-hydrogen) atoms. The van der Waals surface area contributed by atoms with E-state index in [-0.39, 0.29) is 17.6 Å². The number of halogens is 2. The van der Waals surface area contributed by atoms with Gasteiger partial charge in [-0.05, 0) is 11.6 Å². The van der Waals surface area contributed by atoms with Crippen LogP contribution in [0.4, 0.5) is 0 Å². The van der Waals surface area contributed by atoms with Crippen LogP contribution < -0.4 is 5.32 Å². The van der Waals surface area contributed by atoms with Crippen molar-refractivity contribution in [2.45, 2.75) is 0 Å². The predicted octanol–water partition coefficient (Wildman–Crippen LogP) is 0.0788. The fourth-order valence-corrected chi connectivity index (χ4v) is 1.21. The minimum absolute atomic E-state index is 0. The SMILES string of the molecule is Cl.O=C(Cl)CN1CCNCC1. The molecule has 0 aromatic carbocycles. The van der Waals surface area contributed by atoms with Crippen LogP contribution in [-0.2, 0) is 4.79 Å². The Balaban J connectivity index is 0.000001000. The van der Waals surface area contributed by atoms with Gasteiger partial charge in [-0.3, -0.25) is 9.69 Å². The lowest BCUT2D eigenvalue weighted by molar-refractivity contribution is -0.112. The van der Waals surface area contributed by atoms with Crippen LogP contribution in [0.3, 0.4) is 0 Å². The van der Waals surface area contributed by atoms with Gasteiger partial charge in [0.1, 0.15) is 0 Å². The zero-order chi connectivity index (χ0) is 7.40. The first-order valence-corrected chi connectivity index (χ1v) is 3.78. The molecule has 0 bridgehead atoms. The van der Waals surface area contributed by atoms with Crippen LogP contribution in [0.25, 0.3) is 0 Å². The van der Waals surface area contributed by atoms with Crippen LogP contribution in [0, 0.1) is 0 Å². The molecule has 0 aromatic heterocycles. The average Bonchev–Trinajstić information content (AvgIpc) is 1.88. The van der Waals surface area contributed by atoms with Gasteiger partial charge in [0.05, 0.1) is 6.54 Å². The summed E-state index contributed by atoms with van der Waals surface area (Å²) in [5.41, 5.74) is 0. The maximum Gasteiger partial charge on any atom is 0.235 e. The molecule has 1 N–H and O–H groups in total. The standard InChI is InChI=1S/C6H11ClN2O.ClH/c7-6(10)5-9-3-1-8-2-4-9;/h8H,1-5H2;1H. The molecule has 0 spiro atoms. The summed E-state index contributed by atoms with van der Waals surface area (Å²) in [6, 6.07) is 0. The maximum atomic E-state index is 10.4. The Morgan fingerprint density at radius 3 is 2.45 bits per heavy atom. The molecule has 1 saturated heterocycles. The summed E-state index contributed by atoms with van der Waals surface area (Å²) in [7, 11) is 0. The van der Waals surface area contributed by atoms with Gasteiger partial charge in [-0.25, -0.2) is 0 Å². The summed E-state index contributed by atoms with van der Waals surface area (Å²) in [6.45, 7) is 4.18. The summed E-state index contributed by atoms with van der Waals surface area (Å²) in [5.74, 6) is 0. The van der Waals surface area contributed by atoms with Gasteiger partial charge in [0.15, 0.2) is 0 Å². The molecule has 0 aliphatic carbocycles. The number of carbonyl (C=O) groups is 1. The van der Waals surface area contributed by atoms with Gasteiger partial charge in [0.2, 0.25) is 5.24 Å². The molecule has 5 heteroatoms.